The Labute approximate surface area is 333 Å². The molecule has 0 amide bonds. The normalized spacial score (nSPS) is 19.9. The van der Waals surface area contributed by atoms with Gasteiger partial charge in [0.05, 0.1) is 11.7 Å². The van der Waals surface area contributed by atoms with Crippen LogP contribution in [0.1, 0.15) is 40.5 Å². The summed E-state index contributed by atoms with van der Waals surface area (Å²) >= 11 is 1.87. The van der Waals surface area contributed by atoms with Gasteiger partial charge in [-0.15, -0.1) is 11.3 Å². The number of benzene rings is 7. The van der Waals surface area contributed by atoms with Gasteiger partial charge in [-0.3, -0.25) is 5.32 Å². The van der Waals surface area contributed by atoms with E-state index in [-0.39, 0.29) is 18.4 Å². The van der Waals surface area contributed by atoms with Crippen LogP contribution in [0.3, 0.4) is 0 Å². The van der Waals surface area contributed by atoms with Crippen molar-refractivity contribution in [2.45, 2.75) is 24.3 Å². The Kier molecular flexibility index (Phi) is 7.37. The molecule has 1 aliphatic carbocycles. The van der Waals surface area contributed by atoms with Crippen molar-refractivity contribution in [1.29, 1.82) is 0 Å². The maximum absolute atomic E-state index is 6.83. The molecule has 2 N–H and O–H groups in total. The first kappa shape index (κ1) is 32.5. The monoisotopic (exact) mass is 752 g/mol. The van der Waals surface area contributed by atoms with Gasteiger partial charge in [-0.25, -0.2) is 4.99 Å². The predicted octanol–water partition coefficient (Wildman–Crippen LogP) is 12.7. The number of nitrogens with zero attached hydrogens (tertiary/aromatic N) is 2. The summed E-state index contributed by atoms with van der Waals surface area (Å²) in [5.41, 5.74) is 11.2. The van der Waals surface area contributed by atoms with Gasteiger partial charge in [0, 0.05) is 53.7 Å². The van der Waals surface area contributed by atoms with Crippen molar-refractivity contribution in [3.63, 3.8) is 0 Å². The number of furan rings is 1. The number of aliphatic imine (C=N–C) groups is 1. The molecule has 57 heavy (non-hydrogen) atoms. The highest BCUT2D eigenvalue weighted by Gasteiger charge is 2.38. The molecule has 6 heteroatoms. The summed E-state index contributed by atoms with van der Waals surface area (Å²) < 4.78 is 9.41. The number of fused-ring (bicyclic) bond motifs is 9. The lowest BCUT2D eigenvalue weighted by atomic mass is 9.91. The summed E-state index contributed by atoms with van der Waals surface area (Å²) in [6.45, 7) is 0. The van der Waals surface area contributed by atoms with Gasteiger partial charge in [0.2, 0.25) is 0 Å². The lowest BCUT2D eigenvalue weighted by Crippen LogP contribution is -2.45. The Bertz CT molecular complexity index is 3120. The van der Waals surface area contributed by atoms with Crippen molar-refractivity contribution in [3.8, 4) is 11.1 Å². The van der Waals surface area contributed by atoms with Crippen LogP contribution in [0.5, 0.6) is 0 Å². The molecule has 5 nitrogen and oxygen atoms in total. The van der Waals surface area contributed by atoms with Crippen molar-refractivity contribution in [3.05, 3.63) is 204 Å². The molecule has 4 heterocycles. The number of nitrogens with one attached hydrogen (secondary N) is 2. The molecule has 7 aromatic carbocycles. The fourth-order valence-electron chi connectivity index (χ4n) is 9.25. The fraction of sp³-hybridized carbons (Fsp3) is 0.0784. The smallest absolute Gasteiger partial charge is 0.142 e. The third-order valence-corrected chi connectivity index (χ3v) is 13.0. The van der Waals surface area contributed by atoms with Gasteiger partial charge in [0.1, 0.15) is 29.3 Å². The lowest BCUT2D eigenvalue weighted by Gasteiger charge is -2.32. The summed E-state index contributed by atoms with van der Waals surface area (Å²) in [5.74, 6) is 1.20. The van der Waals surface area contributed by atoms with E-state index in [1.54, 1.807) is 0 Å². The van der Waals surface area contributed by atoms with Crippen molar-refractivity contribution in [2.24, 2.45) is 4.99 Å². The number of thiophene rings is 1. The van der Waals surface area contributed by atoms with E-state index in [1.165, 1.54) is 42.7 Å². The highest BCUT2D eigenvalue weighted by molar-refractivity contribution is 7.26. The van der Waals surface area contributed by atoms with Crippen molar-refractivity contribution in [2.75, 3.05) is 4.90 Å². The Morgan fingerprint density at radius 3 is 2.21 bits per heavy atom. The molecular formula is C51H36N4OS. The third kappa shape index (κ3) is 5.22. The molecule has 2 aromatic heterocycles. The predicted molar refractivity (Wildman–Crippen MR) is 237 cm³/mol. The molecule has 12 rings (SSSR count). The maximum Gasteiger partial charge on any atom is 0.142 e. The second kappa shape index (κ2) is 12.9. The Morgan fingerprint density at radius 1 is 0.579 bits per heavy atom. The van der Waals surface area contributed by atoms with Gasteiger partial charge in [-0.05, 0) is 58.7 Å². The minimum absolute atomic E-state index is 0.219. The van der Waals surface area contributed by atoms with Crippen LogP contribution in [0.2, 0.25) is 0 Å². The maximum atomic E-state index is 6.83. The number of para-hydroxylation sites is 2. The molecule has 0 saturated heterocycles. The van der Waals surface area contributed by atoms with Crippen LogP contribution in [0.4, 0.5) is 11.4 Å². The van der Waals surface area contributed by atoms with Crippen LogP contribution in [0.25, 0.3) is 53.2 Å². The number of anilines is 2. The quantitative estimate of drug-likeness (QED) is 0.184. The Morgan fingerprint density at radius 2 is 1.32 bits per heavy atom. The van der Waals surface area contributed by atoms with E-state index in [0.717, 1.165) is 50.0 Å². The van der Waals surface area contributed by atoms with E-state index in [9.17, 15) is 0 Å². The number of amidine groups is 1. The first-order chi connectivity index (χ1) is 28.2. The number of hydrogen-bond donors (Lipinski definition) is 2. The average Bonchev–Trinajstić information content (AvgIpc) is 3.96. The summed E-state index contributed by atoms with van der Waals surface area (Å²) in [6, 6.07) is 56.7. The largest absolute Gasteiger partial charge is 0.456 e. The third-order valence-electron chi connectivity index (χ3n) is 11.9. The molecule has 0 bridgehead atoms. The van der Waals surface area contributed by atoms with Crippen LogP contribution in [0.15, 0.2) is 191 Å². The van der Waals surface area contributed by atoms with E-state index in [1.807, 2.05) is 23.5 Å². The summed E-state index contributed by atoms with van der Waals surface area (Å²) in [4.78, 5) is 7.67. The molecule has 0 spiro atoms. The topological polar surface area (TPSA) is 52.8 Å². The van der Waals surface area contributed by atoms with Crippen LogP contribution < -0.4 is 15.5 Å². The van der Waals surface area contributed by atoms with Crippen molar-refractivity contribution in [1.82, 2.24) is 10.6 Å². The van der Waals surface area contributed by atoms with Crippen LogP contribution in [-0.2, 0) is 0 Å². The lowest BCUT2D eigenvalue weighted by molar-refractivity contribution is 0.408. The molecule has 0 radical (unpaired) electrons. The number of rotatable bonds is 5. The molecule has 9 aromatic rings. The fourth-order valence-corrected chi connectivity index (χ4v) is 10.4. The van der Waals surface area contributed by atoms with Crippen LogP contribution >= 0.6 is 11.3 Å². The van der Waals surface area contributed by atoms with Crippen molar-refractivity contribution >= 4 is 70.7 Å². The first-order valence-corrected chi connectivity index (χ1v) is 20.4. The highest BCUT2D eigenvalue weighted by Crippen LogP contribution is 2.51. The standard InChI is InChI=1S/C51H36N4OS/c1-3-13-31(14-4-1)49-52-50(32-15-5-2-6-16-32)54-51(53-49)40-20-11-19-38-37-27-25-33(29-44(37)56-48(38)40)34-26-28-39-46(30-34)57-45-24-12-23-43(47(39)45)55-41-21-9-7-17-35(41)36-18-8-10-22-42(36)55/h1-30,35,41,49,51,53H,(H,52,54). The van der Waals surface area contributed by atoms with Crippen LogP contribution in [-0.4, -0.2) is 11.9 Å². The minimum Gasteiger partial charge on any atom is -0.456 e. The zero-order chi connectivity index (χ0) is 37.5. The SMILES string of the molecule is C1=CC2c3ccccc3N(c3cccc4sc5cc(-c6ccc7c(c6)oc6c(C8NC(c9ccccc9)=NC(c9ccccc9)N8)cccc67)ccc5c34)C2C=C1. The minimum atomic E-state index is -0.225. The zero-order valence-corrected chi connectivity index (χ0v) is 31.7. The highest BCUT2D eigenvalue weighted by atomic mass is 32.1. The molecule has 0 saturated carbocycles. The van der Waals surface area contributed by atoms with E-state index >= 15 is 0 Å². The van der Waals surface area contributed by atoms with Gasteiger partial charge in [-0.1, -0.05) is 146 Å². The van der Waals surface area contributed by atoms with Crippen molar-refractivity contribution < 1.29 is 4.42 Å². The molecular weight excluding hydrogens is 717 g/mol. The van der Waals surface area contributed by atoms with Gasteiger partial charge in [0.15, 0.2) is 0 Å². The van der Waals surface area contributed by atoms with Gasteiger partial charge in [-0.2, -0.15) is 0 Å². The van der Waals surface area contributed by atoms with Crippen LogP contribution in [0, 0.1) is 0 Å². The number of hydrogen-bond acceptors (Lipinski definition) is 6. The molecule has 272 valence electrons. The molecule has 0 fully saturated rings. The summed E-state index contributed by atoms with van der Waals surface area (Å²) in [5, 5.41) is 12.3. The van der Waals surface area contributed by atoms with E-state index < -0.39 is 0 Å². The second-order valence-corrected chi connectivity index (χ2v) is 16.2. The molecule has 2 aliphatic heterocycles. The zero-order valence-electron chi connectivity index (χ0n) is 30.8. The Balaban J connectivity index is 0.922. The average molecular weight is 753 g/mol. The van der Waals surface area contributed by atoms with Gasteiger partial charge >= 0.3 is 0 Å². The summed E-state index contributed by atoms with van der Waals surface area (Å²) in [6.07, 6.45) is 8.64. The van der Waals surface area contributed by atoms with E-state index in [0.29, 0.717) is 5.92 Å². The van der Waals surface area contributed by atoms with E-state index in [4.69, 9.17) is 9.41 Å². The van der Waals surface area contributed by atoms with E-state index in [2.05, 4.69) is 185 Å². The Hall–Kier alpha value is -6.73. The first-order valence-electron chi connectivity index (χ1n) is 19.6. The van der Waals surface area contributed by atoms with Gasteiger partial charge in [0.25, 0.3) is 0 Å². The molecule has 4 unspecified atom stereocenters. The summed E-state index contributed by atoms with van der Waals surface area (Å²) in [7, 11) is 0. The molecule has 3 aliphatic rings. The van der Waals surface area contributed by atoms with Gasteiger partial charge < -0.3 is 14.6 Å². The number of allylic oxidation sites excluding steroid dienone is 2. The molecule has 4 atom stereocenters. The second-order valence-electron chi connectivity index (χ2n) is 15.1.